The SMILES string of the molecule is CC(O)Cn1cc(Br)c(N)n1. The molecule has 0 fully saturated rings. The second-order valence-corrected chi connectivity index (χ2v) is 3.29. The number of anilines is 1. The van der Waals surface area contributed by atoms with Gasteiger partial charge in [-0.25, -0.2) is 0 Å². The van der Waals surface area contributed by atoms with Gasteiger partial charge in [-0.1, -0.05) is 0 Å². The highest BCUT2D eigenvalue weighted by atomic mass is 79.9. The van der Waals surface area contributed by atoms with Gasteiger partial charge in [-0.05, 0) is 22.9 Å². The van der Waals surface area contributed by atoms with Gasteiger partial charge in [0.15, 0.2) is 5.82 Å². The average Bonchev–Trinajstić information content (AvgIpc) is 2.10. The molecule has 5 heteroatoms. The van der Waals surface area contributed by atoms with Crippen LogP contribution in [0.4, 0.5) is 5.82 Å². The van der Waals surface area contributed by atoms with Crippen molar-refractivity contribution >= 4 is 21.7 Å². The number of nitrogens with two attached hydrogens (primary N) is 1. The molecule has 11 heavy (non-hydrogen) atoms. The van der Waals surface area contributed by atoms with Crippen molar-refractivity contribution in [3.05, 3.63) is 10.7 Å². The van der Waals surface area contributed by atoms with E-state index in [1.54, 1.807) is 17.8 Å². The molecular weight excluding hydrogens is 210 g/mol. The van der Waals surface area contributed by atoms with Gasteiger partial charge < -0.3 is 10.8 Å². The van der Waals surface area contributed by atoms with Crippen molar-refractivity contribution in [3.8, 4) is 0 Å². The number of hydrogen-bond donors (Lipinski definition) is 2. The molecular formula is C6H10BrN3O. The smallest absolute Gasteiger partial charge is 0.159 e. The molecule has 3 N–H and O–H groups in total. The molecule has 4 nitrogen and oxygen atoms in total. The molecule has 1 aromatic rings. The lowest BCUT2D eigenvalue weighted by Gasteiger charge is -2.02. The number of aliphatic hydroxyl groups is 1. The molecule has 0 bridgehead atoms. The Bertz CT molecular complexity index is 226. The van der Waals surface area contributed by atoms with Crippen LogP contribution in [0.1, 0.15) is 6.92 Å². The third kappa shape index (κ3) is 2.20. The van der Waals surface area contributed by atoms with E-state index in [-0.39, 0.29) is 0 Å². The summed E-state index contributed by atoms with van der Waals surface area (Å²) in [6, 6.07) is 0. The molecule has 1 heterocycles. The Kier molecular flexibility index (Phi) is 2.51. The van der Waals surface area contributed by atoms with Crippen LogP contribution in [0, 0.1) is 0 Å². The molecule has 0 saturated carbocycles. The van der Waals surface area contributed by atoms with Crippen molar-refractivity contribution in [1.82, 2.24) is 9.78 Å². The van der Waals surface area contributed by atoms with E-state index >= 15 is 0 Å². The van der Waals surface area contributed by atoms with Crippen molar-refractivity contribution < 1.29 is 5.11 Å². The highest BCUT2D eigenvalue weighted by molar-refractivity contribution is 9.10. The van der Waals surface area contributed by atoms with E-state index in [0.29, 0.717) is 12.4 Å². The lowest BCUT2D eigenvalue weighted by molar-refractivity contribution is 0.168. The molecule has 62 valence electrons. The van der Waals surface area contributed by atoms with Crippen LogP contribution in [0.3, 0.4) is 0 Å². The molecule has 1 rings (SSSR count). The van der Waals surface area contributed by atoms with Gasteiger partial charge in [0, 0.05) is 6.20 Å². The maximum Gasteiger partial charge on any atom is 0.159 e. The van der Waals surface area contributed by atoms with Gasteiger partial charge >= 0.3 is 0 Å². The van der Waals surface area contributed by atoms with E-state index in [1.807, 2.05) is 0 Å². The first-order chi connectivity index (χ1) is 5.09. The Morgan fingerprint density at radius 2 is 2.55 bits per heavy atom. The molecule has 0 aliphatic carbocycles. The monoisotopic (exact) mass is 219 g/mol. The molecule has 1 aromatic heterocycles. The van der Waals surface area contributed by atoms with Crippen molar-refractivity contribution in [3.63, 3.8) is 0 Å². The van der Waals surface area contributed by atoms with Crippen LogP contribution in [0.25, 0.3) is 0 Å². The van der Waals surface area contributed by atoms with Gasteiger partial charge in [0.25, 0.3) is 0 Å². The Morgan fingerprint density at radius 3 is 2.91 bits per heavy atom. The largest absolute Gasteiger partial charge is 0.391 e. The van der Waals surface area contributed by atoms with Crippen LogP contribution in [0.15, 0.2) is 10.7 Å². The molecule has 0 aromatic carbocycles. The lowest BCUT2D eigenvalue weighted by atomic mass is 10.4. The summed E-state index contributed by atoms with van der Waals surface area (Å²) in [6.07, 6.45) is 1.34. The summed E-state index contributed by atoms with van der Waals surface area (Å²) in [5, 5.41) is 12.9. The highest BCUT2D eigenvalue weighted by Crippen LogP contribution is 2.16. The average molecular weight is 220 g/mol. The zero-order valence-corrected chi connectivity index (χ0v) is 7.74. The Morgan fingerprint density at radius 1 is 1.91 bits per heavy atom. The summed E-state index contributed by atoms with van der Waals surface area (Å²) < 4.78 is 2.36. The zero-order valence-electron chi connectivity index (χ0n) is 6.16. The number of rotatable bonds is 2. The van der Waals surface area contributed by atoms with Crippen LogP contribution >= 0.6 is 15.9 Å². The van der Waals surface area contributed by atoms with Crippen molar-refractivity contribution in [1.29, 1.82) is 0 Å². The highest BCUT2D eigenvalue weighted by Gasteiger charge is 2.03. The maximum absolute atomic E-state index is 8.99. The van der Waals surface area contributed by atoms with E-state index in [9.17, 15) is 0 Å². The minimum absolute atomic E-state index is 0.402. The number of nitrogens with zero attached hydrogens (tertiary/aromatic N) is 2. The van der Waals surface area contributed by atoms with Gasteiger partial charge in [-0.3, -0.25) is 4.68 Å². The Hall–Kier alpha value is -0.550. The number of halogens is 1. The van der Waals surface area contributed by atoms with Gasteiger partial charge in [0.1, 0.15) is 0 Å². The second-order valence-electron chi connectivity index (χ2n) is 2.43. The molecule has 1 unspecified atom stereocenters. The van der Waals surface area contributed by atoms with Crippen LogP contribution < -0.4 is 5.73 Å². The zero-order chi connectivity index (χ0) is 8.43. The molecule has 1 atom stereocenters. The fourth-order valence-corrected chi connectivity index (χ4v) is 1.09. The van der Waals surface area contributed by atoms with Crippen LogP contribution in [-0.2, 0) is 6.54 Å². The summed E-state index contributed by atoms with van der Waals surface area (Å²) >= 11 is 3.22. The normalized spacial score (nSPS) is 13.4. The first-order valence-electron chi connectivity index (χ1n) is 3.26. The summed E-state index contributed by atoms with van der Waals surface area (Å²) in [6.45, 7) is 2.17. The van der Waals surface area contributed by atoms with Gasteiger partial charge in [-0.2, -0.15) is 5.10 Å². The van der Waals surface area contributed by atoms with Crippen LogP contribution in [-0.4, -0.2) is 21.0 Å². The number of aliphatic hydroxyl groups excluding tert-OH is 1. The Labute approximate surface area is 73.1 Å². The van der Waals surface area contributed by atoms with Crippen LogP contribution in [0.2, 0.25) is 0 Å². The second kappa shape index (κ2) is 3.23. The van der Waals surface area contributed by atoms with Gasteiger partial charge in [0.05, 0.1) is 17.1 Å². The predicted molar refractivity (Wildman–Crippen MR) is 46.0 cm³/mol. The number of nitrogen functional groups attached to an aromatic ring is 1. The summed E-state index contributed by atoms with van der Waals surface area (Å²) in [4.78, 5) is 0. The fraction of sp³-hybridized carbons (Fsp3) is 0.500. The topological polar surface area (TPSA) is 64.1 Å². The minimum atomic E-state index is -0.402. The number of aromatic nitrogens is 2. The minimum Gasteiger partial charge on any atom is -0.391 e. The third-order valence-corrected chi connectivity index (χ3v) is 1.81. The third-order valence-electron chi connectivity index (χ3n) is 1.19. The van der Waals surface area contributed by atoms with Crippen molar-refractivity contribution in [2.75, 3.05) is 5.73 Å². The molecule has 0 radical (unpaired) electrons. The summed E-state index contributed by atoms with van der Waals surface area (Å²) in [7, 11) is 0. The maximum atomic E-state index is 8.99. The van der Waals surface area contributed by atoms with E-state index < -0.39 is 6.10 Å². The van der Waals surface area contributed by atoms with E-state index in [1.165, 1.54) is 0 Å². The summed E-state index contributed by atoms with van der Waals surface area (Å²) in [5.41, 5.74) is 5.46. The number of hydrogen-bond acceptors (Lipinski definition) is 3. The van der Waals surface area contributed by atoms with E-state index in [2.05, 4.69) is 21.0 Å². The van der Waals surface area contributed by atoms with Crippen LogP contribution in [0.5, 0.6) is 0 Å². The van der Waals surface area contributed by atoms with Gasteiger partial charge in [-0.15, -0.1) is 0 Å². The molecule has 0 aliphatic rings. The Balaban J connectivity index is 2.73. The molecule has 0 aliphatic heterocycles. The molecule has 0 amide bonds. The fourth-order valence-electron chi connectivity index (χ4n) is 0.776. The molecule has 0 spiro atoms. The standard InChI is InChI=1S/C6H10BrN3O/c1-4(11)2-10-3-5(7)6(8)9-10/h3-4,11H,2H2,1H3,(H2,8,9). The van der Waals surface area contributed by atoms with Crippen molar-refractivity contribution in [2.24, 2.45) is 0 Å². The predicted octanol–water partition coefficient (Wildman–Crippen LogP) is 0.609. The van der Waals surface area contributed by atoms with Gasteiger partial charge in [0.2, 0.25) is 0 Å². The van der Waals surface area contributed by atoms with Crippen molar-refractivity contribution in [2.45, 2.75) is 19.6 Å². The lowest BCUT2D eigenvalue weighted by Crippen LogP contribution is -2.12. The first-order valence-corrected chi connectivity index (χ1v) is 4.05. The first kappa shape index (κ1) is 8.55. The molecule has 0 saturated heterocycles. The van der Waals surface area contributed by atoms with E-state index in [4.69, 9.17) is 10.8 Å². The van der Waals surface area contributed by atoms with E-state index in [0.717, 1.165) is 4.47 Å². The quantitative estimate of drug-likeness (QED) is 0.767. The summed E-state index contributed by atoms with van der Waals surface area (Å²) in [5.74, 6) is 0.450.